The lowest BCUT2D eigenvalue weighted by Gasteiger charge is -2.41. The highest BCUT2D eigenvalue weighted by molar-refractivity contribution is 7.12. The van der Waals surface area contributed by atoms with Gasteiger partial charge in [-0.1, -0.05) is 30.3 Å². The predicted molar refractivity (Wildman–Crippen MR) is 89.3 cm³/mol. The molecule has 4 rings (SSSR count). The van der Waals surface area contributed by atoms with Crippen LogP contribution >= 0.6 is 11.3 Å². The van der Waals surface area contributed by atoms with Gasteiger partial charge in [-0.3, -0.25) is 9.59 Å². The van der Waals surface area contributed by atoms with Gasteiger partial charge in [0.05, 0.1) is 10.9 Å². The van der Waals surface area contributed by atoms with Gasteiger partial charge in [-0.25, -0.2) is 0 Å². The van der Waals surface area contributed by atoms with Crippen LogP contribution in [0.1, 0.15) is 26.8 Å². The minimum absolute atomic E-state index is 0.0569. The Morgan fingerprint density at radius 2 is 2.13 bits per heavy atom. The fourth-order valence-corrected chi connectivity index (χ4v) is 3.92. The number of hydrogen-bond acceptors (Lipinski definition) is 4. The van der Waals surface area contributed by atoms with Crippen molar-refractivity contribution in [2.75, 3.05) is 13.1 Å². The molecule has 0 radical (unpaired) electrons. The molecule has 1 atom stereocenters. The Labute approximate surface area is 138 Å². The van der Waals surface area contributed by atoms with Crippen LogP contribution < -0.4 is 5.32 Å². The third kappa shape index (κ3) is 2.47. The summed E-state index contributed by atoms with van der Waals surface area (Å²) < 4.78 is 0. The number of amides is 1. The number of allylic oxidation sites excluding steroid dienone is 1. The molecule has 2 aliphatic heterocycles. The fourth-order valence-electron chi connectivity index (χ4n) is 3.29. The number of carbonyl (C=O) groups is 2. The Morgan fingerprint density at radius 3 is 2.96 bits per heavy atom. The highest BCUT2D eigenvalue weighted by atomic mass is 32.1. The Morgan fingerprint density at radius 1 is 1.26 bits per heavy atom. The maximum Gasteiger partial charge on any atom is 0.270 e. The molecule has 5 heteroatoms. The number of ketones is 1. The van der Waals surface area contributed by atoms with Crippen molar-refractivity contribution in [3.05, 3.63) is 69.6 Å². The second-order valence-electron chi connectivity index (χ2n) is 5.74. The third-order valence-corrected chi connectivity index (χ3v) is 5.31. The van der Waals surface area contributed by atoms with E-state index in [1.54, 1.807) is 6.07 Å². The van der Waals surface area contributed by atoms with E-state index in [0.29, 0.717) is 23.7 Å². The molecule has 2 aliphatic rings. The molecule has 1 unspecified atom stereocenters. The number of benzene rings is 1. The predicted octanol–water partition coefficient (Wildman–Crippen LogP) is 2.54. The first kappa shape index (κ1) is 14.2. The van der Waals surface area contributed by atoms with E-state index < -0.39 is 0 Å². The van der Waals surface area contributed by atoms with Crippen LogP contribution in [0, 0.1) is 0 Å². The first-order valence-corrected chi connectivity index (χ1v) is 8.54. The number of carbonyl (C=O) groups excluding carboxylic acids is 2. The molecule has 0 bridgehead atoms. The lowest BCUT2D eigenvalue weighted by Crippen LogP contribution is -2.51. The maximum atomic E-state index is 12.7. The van der Waals surface area contributed by atoms with Crippen molar-refractivity contribution in [3.63, 3.8) is 0 Å². The molecule has 2 aromatic rings. The smallest absolute Gasteiger partial charge is 0.270 e. The van der Waals surface area contributed by atoms with E-state index >= 15 is 0 Å². The number of thiophene rings is 1. The van der Waals surface area contributed by atoms with Crippen LogP contribution in [-0.4, -0.2) is 29.7 Å². The van der Waals surface area contributed by atoms with Gasteiger partial charge in [-0.2, -0.15) is 0 Å². The van der Waals surface area contributed by atoms with Gasteiger partial charge in [0.25, 0.3) is 5.91 Å². The van der Waals surface area contributed by atoms with Crippen molar-refractivity contribution in [1.82, 2.24) is 10.2 Å². The quantitative estimate of drug-likeness (QED) is 0.682. The van der Waals surface area contributed by atoms with Crippen LogP contribution in [0.25, 0.3) is 0 Å². The van der Waals surface area contributed by atoms with Gasteiger partial charge in [0.2, 0.25) is 0 Å². The van der Waals surface area contributed by atoms with Gasteiger partial charge in [-0.05, 0) is 29.0 Å². The number of rotatable bonds is 2. The van der Waals surface area contributed by atoms with Gasteiger partial charge in [-0.15, -0.1) is 11.3 Å². The van der Waals surface area contributed by atoms with Crippen LogP contribution in [0.15, 0.2) is 53.6 Å². The van der Waals surface area contributed by atoms with E-state index in [4.69, 9.17) is 0 Å². The fraction of sp³-hybridized carbons (Fsp3) is 0.222. The van der Waals surface area contributed by atoms with Gasteiger partial charge < -0.3 is 10.2 Å². The minimum Gasteiger partial charge on any atom is -0.378 e. The van der Waals surface area contributed by atoms with Gasteiger partial charge in [0, 0.05) is 19.2 Å². The Kier molecular flexibility index (Phi) is 3.50. The second-order valence-corrected chi connectivity index (χ2v) is 6.69. The first-order chi connectivity index (χ1) is 11.2. The molecular formula is C18H16N2O2S. The number of nitrogens with zero attached hydrogens (tertiary/aromatic N) is 1. The van der Waals surface area contributed by atoms with Crippen molar-refractivity contribution in [1.29, 1.82) is 0 Å². The highest BCUT2D eigenvalue weighted by Gasteiger charge is 2.36. The summed E-state index contributed by atoms with van der Waals surface area (Å²) in [5.74, 6) is -0.202. The average molecular weight is 324 g/mol. The van der Waals surface area contributed by atoms with Crippen molar-refractivity contribution in [2.24, 2.45) is 0 Å². The highest BCUT2D eigenvalue weighted by Crippen LogP contribution is 2.32. The van der Waals surface area contributed by atoms with Crippen LogP contribution in [0.2, 0.25) is 0 Å². The molecule has 0 spiro atoms. The van der Waals surface area contributed by atoms with Crippen LogP contribution in [0.5, 0.6) is 0 Å². The number of nitrogens with one attached hydrogen (secondary N) is 1. The van der Waals surface area contributed by atoms with Crippen LogP contribution in [0.3, 0.4) is 0 Å². The molecule has 1 amide bonds. The molecule has 1 fully saturated rings. The number of fused-ring (bicyclic) bond motifs is 3. The van der Waals surface area contributed by atoms with Crippen molar-refractivity contribution in [2.45, 2.75) is 12.5 Å². The van der Waals surface area contributed by atoms with Crippen molar-refractivity contribution < 1.29 is 9.59 Å². The summed E-state index contributed by atoms with van der Waals surface area (Å²) >= 11 is 1.39. The summed E-state index contributed by atoms with van der Waals surface area (Å²) in [5.41, 5.74) is 2.92. The van der Waals surface area contributed by atoms with Crippen molar-refractivity contribution >= 4 is 23.0 Å². The zero-order chi connectivity index (χ0) is 15.8. The summed E-state index contributed by atoms with van der Waals surface area (Å²) in [6.07, 6.45) is 2.30. The zero-order valence-corrected chi connectivity index (χ0v) is 13.3. The average Bonchev–Trinajstić information content (AvgIpc) is 3.12. The number of piperazine rings is 1. The second kappa shape index (κ2) is 5.66. The lowest BCUT2D eigenvalue weighted by molar-refractivity contribution is -0.132. The molecule has 116 valence electrons. The minimum atomic E-state index is -0.119. The lowest BCUT2D eigenvalue weighted by atomic mass is 9.91. The Hall–Kier alpha value is -2.40. The van der Waals surface area contributed by atoms with Gasteiger partial charge in [0.1, 0.15) is 5.70 Å². The molecule has 23 heavy (non-hydrogen) atoms. The number of hydrogen-bond donors (Lipinski definition) is 1. The molecule has 0 aliphatic carbocycles. The molecule has 1 aromatic heterocycles. The molecule has 1 aromatic carbocycles. The largest absolute Gasteiger partial charge is 0.378 e. The molecule has 1 N–H and O–H groups in total. The SMILES string of the molecule is O=C(C=C1NCC2c3ccccc3CCN2C1=O)c1cccs1. The summed E-state index contributed by atoms with van der Waals surface area (Å²) in [6, 6.07) is 11.9. The molecular weight excluding hydrogens is 308 g/mol. The Balaban J connectivity index is 1.60. The monoisotopic (exact) mass is 324 g/mol. The summed E-state index contributed by atoms with van der Waals surface area (Å²) in [5, 5.41) is 5.02. The maximum absolute atomic E-state index is 12.7. The zero-order valence-electron chi connectivity index (χ0n) is 12.5. The molecule has 1 saturated heterocycles. The third-order valence-electron chi connectivity index (χ3n) is 4.43. The van der Waals surface area contributed by atoms with E-state index in [9.17, 15) is 9.59 Å². The topological polar surface area (TPSA) is 49.4 Å². The summed E-state index contributed by atoms with van der Waals surface area (Å²) in [6.45, 7) is 1.35. The first-order valence-electron chi connectivity index (χ1n) is 7.66. The van der Waals surface area contributed by atoms with E-state index in [0.717, 1.165) is 6.42 Å². The summed E-state index contributed by atoms with van der Waals surface area (Å²) in [4.78, 5) is 27.5. The van der Waals surface area contributed by atoms with Crippen molar-refractivity contribution in [3.8, 4) is 0 Å². The molecule has 0 saturated carbocycles. The normalized spacial score (nSPS) is 21.6. The molecule has 4 nitrogen and oxygen atoms in total. The van der Waals surface area contributed by atoms with E-state index in [2.05, 4.69) is 17.4 Å². The standard InChI is InChI=1S/C18H16N2O2S/c21-16(17-6-3-9-23-17)10-14-18(22)20-8-7-12-4-1-2-5-13(12)15(20)11-19-14/h1-6,9-10,15,19H,7-8,11H2. The van der Waals surface area contributed by atoms with Gasteiger partial charge >= 0.3 is 0 Å². The summed E-state index contributed by atoms with van der Waals surface area (Å²) in [7, 11) is 0. The van der Waals surface area contributed by atoms with Crippen LogP contribution in [0.4, 0.5) is 0 Å². The van der Waals surface area contributed by atoms with E-state index in [1.807, 2.05) is 28.5 Å². The van der Waals surface area contributed by atoms with E-state index in [-0.39, 0.29) is 17.7 Å². The van der Waals surface area contributed by atoms with Crippen LogP contribution in [-0.2, 0) is 11.2 Å². The van der Waals surface area contributed by atoms with E-state index in [1.165, 1.54) is 28.5 Å². The Bertz CT molecular complexity index is 795. The molecule has 3 heterocycles. The van der Waals surface area contributed by atoms with Gasteiger partial charge in [0.15, 0.2) is 5.78 Å².